The lowest BCUT2D eigenvalue weighted by Gasteiger charge is -2.08. The summed E-state index contributed by atoms with van der Waals surface area (Å²) in [5.41, 5.74) is 1.07. The van der Waals surface area contributed by atoms with Gasteiger partial charge < -0.3 is 10.1 Å². The number of thiazole rings is 1. The molecule has 5 heteroatoms. The van der Waals surface area contributed by atoms with Gasteiger partial charge in [0, 0.05) is 16.8 Å². The summed E-state index contributed by atoms with van der Waals surface area (Å²) in [7, 11) is 0. The summed E-state index contributed by atoms with van der Waals surface area (Å²) in [6, 6.07) is 8.07. The van der Waals surface area contributed by atoms with E-state index in [0.717, 1.165) is 35.9 Å². The highest BCUT2D eigenvalue weighted by atomic mass is 35.5. The van der Waals surface area contributed by atoms with E-state index in [9.17, 15) is 0 Å². The van der Waals surface area contributed by atoms with Crippen LogP contribution in [0.25, 0.3) is 0 Å². The molecule has 0 radical (unpaired) electrons. The first kappa shape index (κ1) is 16.1. The van der Waals surface area contributed by atoms with E-state index in [-0.39, 0.29) is 0 Å². The van der Waals surface area contributed by atoms with Crippen LogP contribution in [0, 0.1) is 0 Å². The van der Waals surface area contributed by atoms with Crippen molar-refractivity contribution in [1.82, 2.24) is 4.98 Å². The zero-order valence-electron chi connectivity index (χ0n) is 12.3. The maximum Gasteiger partial charge on any atom is 0.183 e. The van der Waals surface area contributed by atoms with Crippen LogP contribution in [0.15, 0.2) is 30.5 Å². The van der Waals surface area contributed by atoms with Crippen LogP contribution in [0.3, 0.4) is 0 Å². The zero-order valence-corrected chi connectivity index (χ0v) is 13.8. The lowest BCUT2D eigenvalue weighted by atomic mass is 10.2. The fraction of sp³-hybridized carbons (Fsp3) is 0.438. The lowest BCUT2D eigenvalue weighted by molar-refractivity contribution is 0.305. The molecule has 0 aliphatic carbocycles. The van der Waals surface area contributed by atoms with Crippen molar-refractivity contribution in [3.8, 4) is 5.75 Å². The van der Waals surface area contributed by atoms with E-state index in [2.05, 4.69) is 17.2 Å². The molecule has 0 aliphatic heterocycles. The smallest absolute Gasteiger partial charge is 0.183 e. The molecule has 0 spiro atoms. The Morgan fingerprint density at radius 2 is 2.00 bits per heavy atom. The summed E-state index contributed by atoms with van der Waals surface area (Å²) >= 11 is 7.30. The van der Waals surface area contributed by atoms with Crippen molar-refractivity contribution in [2.75, 3.05) is 11.9 Å². The van der Waals surface area contributed by atoms with Crippen molar-refractivity contribution in [2.45, 2.75) is 39.2 Å². The summed E-state index contributed by atoms with van der Waals surface area (Å²) < 4.78 is 6.30. The largest absolute Gasteiger partial charge is 0.494 e. The third kappa shape index (κ3) is 5.94. The van der Waals surface area contributed by atoms with E-state index in [1.165, 1.54) is 30.6 Å². The molecular weight excluding hydrogens is 304 g/mol. The normalized spacial score (nSPS) is 10.6. The molecule has 3 nitrogen and oxygen atoms in total. The minimum absolute atomic E-state index is 0.582. The second-order valence-corrected chi connectivity index (χ2v) is 6.56. The number of nitrogens with zero attached hydrogens (tertiary/aromatic N) is 1. The van der Waals surface area contributed by atoms with E-state index in [1.807, 2.05) is 24.3 Å². The summed E-state index contributed by atoms with van der Waals surface area (Å²) in [5, 5.41) is 3.34. The van der Waals surface area contributed by atoms with Crippen molar-refractivity contribution in [1.29, 1.82) is 0 Å². The molecule has 2 rings (SSSR count). The topological polar surface area (TPSA) is 34.1 Å². The first-order chi connectivity index (χ1) is 10.3. The maximum absolute atomic E-state index is 5.81. The molecule has 0 atom stereocenters. The van der Waals surface area contributed by atoms with E-state index in [1.54, 1.807) is 6.20 Å². The quantitative estimate of drug-likeness (QED) is 0.630. The summed E-state index contributed by atoms with van der Waals surface area (Å²) in [6.45, 7) is 3.75. The van der Waals surface area contributed by atoms with Crippen LogP contribution in [0.5, 0.6) is 5.75 Å². The number of unbranched alkanes of at least 4 members (excludes halogenated alkanes) is 3. The molecule has 21 heavy (non-hydrogen) atoms. The van der Waals surface area contributed by atoms with Gasteiger partial charge in [-0.3, -0.25) is 0 Å². The molecular formula is C16H21ClN2OS. The summed E-state index contributed by atoms with van der Waals surface area (Å²) in [6.07, 6.45) is 6.71. The van der Waals surface area contributed by atoms with Gasteiger partial charge in [-0.25, -0.2) is 4.98 Å². The molecule has 0 saturated heterocycles. The minimum Gasteiger partial charge on any atom is -0.494 e. The van der Waals surface area contributed by atoms with Gasteiger partial charge in [-0.05, 0) is 30.7 Å². The van der Waals surface area contributed by atoms with Crippen molar-refractivity contribution in [3.63, 3.8) is 0 Å². The predicted octanol–water partition coefficient (Wildman–Crippen LogP) is 5.37. The fourth-order valence-electron chi connectivity index (χ4n) is 1.94. The van der Waals surface area contributed by atoms with E-state index in [0.29, 0.717) is 4.47 Å². The summed E-state index contributed by atoms with van der Waals surface area (Å²) in [5.74, 6) is 0.929. The minimum atomic E-state index is 0.582. The first-order valence-electron chi connectivity index (χ1n) is 7.35. The molecule has 2 aromatic rings. The second-order valence-electron chi connectivity index (χ2n) is 4.87. The third-order valence-corrected chi connectivity index (χ3v) is 4.23. The van der Waals surface area contributed by atoms with Gasteiger partial charge in [0.1, 0.15) is 5.75 Å². The average molecular weight is 325 g/mol. The fourth-order valence-corrected chi connectivity index (χ4v) is 2.86. The third-order valence-electron chi connectivity index (χ3n) is 3.11. The highest BCUT2D eigenvalue weighted by Crippen LogP contribution is 2.20. The highest BCUT2D eigenvalue weighted by molar-refractivity contribution is 7.15. The first-order valence-corrected chi connectivity index (χ1v) is 8.54. The van der Waals surface area contributed by atoms with Gasteiger partial charge in [0.05, 0.1) is 13.2 Å². The number of benzene rings is 1. The maximum atomic E-state index is 5.81. The Balaban J connectivity index is 1.71. The predicted molar refractivity (Wildman–Crippen MR) is 90.5 cm³/mol. The molecule has 1 aromatic carbocycles. The van der Waals surface area contributed by atoms with E-state index >= 15 is 0 Å². The standard InChI is InChI=1S/C16H21ClN2OS/c1-2-3-4-5-10-20-14-8-6-13(7-9-14)18-11-15-12-19-16(17)21-15/h6-9,12,18H,2-5,10-11H2,1H3. The number of aromatic nitrogens is 1. The molecule has 1 N–H and O–H groups in total. The van der Waals surface area contributed by atoms with Crippen molar-refractivity contribution in [2.24, 2.45) is 0 Å². The van der Waals surface area contributed by atoms with Crippen LogP contribution >= 0.6 is 22.9 Å². The molecule has 0 fully saturated rings. The van der Waals surface area contributed by atoms with Crippen LogP contribution in [-0.4, -0.2) is 11.6 Å². The number of hydrogen-bond acceptors (Lipinski definition) is 4. The van der Waals surface area contributed by atoms with E-state index in [4.69, 9.17) is 16.3 Å². The van der Waals surface area contributed by atoms with Gasteiger partial charge in [-0.2, -0.15) is 0 Å². The Bertz CT molecular complexity index is 527. The Morgan fingerprint density at radius 3 is 2.67 bits per heavy atom. The number of nitrogens with one attached hydrogen (secondary N) is 1. The van der Waals surface area contributed by atoms with Gasteiger partial charge in [0.2, 0.25) is 0 Å². The van der Waals surface area contributed by atoms with Gasteiger partial charge in [-0.15, -0.1) is 11.3 Å². The van der Waals surface area contributed by atoms with Gasteiger partial charge in [0.15, 0.2) is 4.47 Å². The Hall–Kier alpha value is -1.26. The number of hydrogen-bond donors (Lipinski definition) is 1. The molecule has 0 saturated carbocycles. The molecule has 1 heterocycles. The molecule has 0 aliphatic rings. The van der Waals surface area contributed by atoms with Crippen LogP contribution in [0.4, 0.5) is 5.69 Å². The highest BCUT2D eigenvalue weighted by Gasteiger charge is 2.00. The lowest BCUT2D eigenvalue weighted by Crippen LogP contribution is -1.99. The van der Waals surface area contributed by atoms with Crippen LogP contribution in [-0.2, 0) is 6.54 Å². The molecule has 0 bridgehead atoms. The zero-order chi connectivity index (χ0) is 14.9. The van der Waals surface area contributed by atoms with E-state index < -0.39 is 0 Å². The molecule has 0 amide bonds. The van der Waals surface area contributed by atoms with Crippen LogP contribution in [0.2, 0.25) is 4.47 Å². The van der Waals surface area contributed by atoms with Gasteiger partial charge in [0.25, 0.3) is 0 Å². The van der Waals surface area contributed by atoms with Crippen LogP contribution in [0.1, 0.15) is 37.5 Å². The van der Waals surface area contributed by atoms with Gasteiger partial charge in [-0.1, -0.05) is 37.8 Å². The Labute approximate surface area is 135 Å². The molecule has 114 valence electrons. The van der Waals surface area contributed by atoms with Gasteiger partial charge >= 0.3 is 0 Å². The SMILES string of the molecule is CCCCCCOc1ccc(NCc2cnc(Cl)s2)cc1. The number of rotatable bonds is 9. The second kappa shape index (κ2) is 8.90. The summed E-state index contributed by atoms with van der Waals surface area (Å²) in [4.78, 5) is 5.14. The molecule has 0 unspecified atom stereocenters. The van der Waals surface area contributed by atoms with Crippen molar-refractivity contribution in [3.05, 3.63) is 39.8 Å². The number of halogens is 1. The Kier molecular flexibility index (Phi) is 6.83. The average Bonchev–Trinajstić information content (AvgIpc) is 2.92. The monoisotopic (exact) mass is 324 g/mol. The molecule has 1 aromatic heterocycles. The number of anilines is 1. The van der Waals surface area contributed by atoms with Crippen LogP contribution < -0.4 is 10.1 Å². The van der Waals surface area contributed by atoms with Crippen molar-refractivity contribution < 1.29 is 4.74 Å². The Morgan fingerprint density at radius 1 is 1.19 bits per heavy atom. The van der Waals surface area contributed by atoms with Crippen molar-refractivity contribution >= 4 is 28.6 Å². The number of ether oxygens (including phenoxy) is 1.